The van der Waals surface area contributed by atoms with E-state index in [0.29, 0.717) is 6.54 Å². The molecule has 0 spiro atoms. The summed E-state index contributed by atoms with van der Waals surface area (Å²) in [6.07, 6.45) is 1.07. The van der Waals surface area contributed by atoms with E-state index < -0.39 is 18.6 Å². The molecule has 0 saturated heterocycles. The van der Waals surface area contributed by atoms with Gasteiger partial charge in [-0.15, -0.1) is 6.58 Å². The van der Waals surface area contributed by atoms with Gasteiger partial charge in [-0.05, 0) is 32.7 Å². The van der Waals surface area contributed by atoms with Crippen molar-refractivity contribution in [3.05, 3.63) is 12.7 Å². The van der Waals surface area contributed by atoms with E-state index in [1.54, 1.807) is 6.92 Å². The lowest BCUT2D eigenvalue weighted by atomic mass is 10.2. The summed E-state index contributed by atoms with van der Waals surface area (Å²) in [6.45, 7) is 5.83. The summed E-state index contributed by atoms with van der Waals surface area (Å²) in [5.74, 6) is 0. The molecule has 0 aliphatic rings. The molecule has 0 radical (unpaired) electrons. The number of rotatable bonds is 8. The Hall–Kier alpha value is -0.510. The van der Waals surface area contributed by atoms with Crippen molar-refractivity contribution in [1.82, 2.24) is 5.32 Å². The zero-order valence-corrected chi connectivity index (χ0v) is 9.24. The number of halogens is 3. The Labute approximate surface area is 89.7 Å². The number of allylic oxidation sites excluding steroid dienone is 1. The van der Waals surface area contributed by atoms with Crippen LogP contribution in [0.4, 0.5) is 13.2 Å². The fourth-order valence-electron chi connectivity index (χ4n) is 1.36. The van der Waals surface area contributed by atoms with Crippen molar-refractivity contribution in [2.45, 2.75) is 51.2 Å². The molecule has 0 bridgehead atoms. The molecule has 1 N–H and O–H groups in total. The second kappa shape index (κ2) is 7.74. The summed E-state index contributed by atoms with van der Waals surface area (Å²) in [6, 6.07) is -0.482. The Balaban J connectivity index is 3.31. The zero-order chi connectivity index (χ0) is 11.7. The first-order chi connectivity index (χ1) is 6.95. The van der Waals surface area contributed by atoms with Gasteiger partial charge in [0.2, 0.25) is 0 Å². The van der Waals surface area contributed by atoms with E-state index in [0.717, 1.165) is 25.7 Å². The van der Waals surface area contributed by atoms with Crippen LogP contribution in [0.25, 0.3) is 0 Å². The van der Waals surface area contributed by atoms with Crippen molar-refractivity contribution in [3.63, 3.8) is 0 Å². The quantitative estimate of drug-likeness (QED) is 0.489. The number of nitrogens with one attached hydrogen (secondary N) is 1. The van der Waals surface area contributed by atoms with Gasteiger partial charge in [0.1, 0.15) is 0 Å². The third kappa shape index (κ3) is 11.4. The Morgan fingerprint density at radius 3 is 2.47 bits per heavy atom. The summed E-state index contributed by atoms with van der Waals surface area (Å²) < 4.78 is 35.8. The molecule has 0 saturated carbocycles. The summed E-state index contributed by atoms with van der Waals surface area (Å²) >= 11 is 0. The highest BCUT2D eigenvalue weighted by molar-refractivity contribution is 4.67. The number of unbranched alkanes of at least 4 members (excludes halogenated alkanes) is 3. The minimum Gasteiger partial charge on any atom is -0.314 e. The predicted molar refractivity (Wildman–Crippen MR) is 56.8 cm³/mol. The van der Waals surface area contributed by atoms with Crippen molar-refractivity contribution < 1.29 is 13.2 Å². The fourth-order valence-corrected chi connectivity index (χ4v) is 1.36. The van der Waals surface area contributed by atoms with E-state index in [4.69, 9.17) is 0 Å². The summed E-state index contributed by atoms with van der Waals surface area (Å²) in [5, 5.41) is 2.87. The Bertz CT molecular complexity index is 166. The van der Waals surface area contributed by atoms with E-state index in [9.17, 15) is 13.2 Å². The average Bonchev–Trinajstić information content (AvgIpc) is 2.08. The van der Waals surface area contributed by atoms with Crippen molar-refractivity contribution in [3.8, 4) is 0 Å². The largest absolute Gasteiger partial charge is 0.390 e. The predicted octanol–water partition coefficient (Wildman–Crippen LogP) is 3.66. The molecule has 1 unspecified atom stereocenters. The van der Waals surface area contributed by atoms with Gasteiger partial charge < -0.3 is 5.32 Å². The van der Waals surface area contributed by atoms with E-state index in [1.807, 2.05) is 6.08 Å². The van der Waals surface area contributed by atoms with Crippen LogP contribution in [0.5, 0.6) is 0 Å². The van der Waals surface area contributed by atoms with E-state index in [1.165, 1.54) is 0 Å². The van der Waals surface area contributed by atoms with Gasteiger partial charge in [-0.25, -0.2) is 0 Å². The molecule has 0 aromatic carbocycles. The Morgan fingerprint density at radius 2 is 1.93 bits per heavy atom. The maximum absolute atomic E-state index is 11.9. The van der Waals surface area contributed by atoms with Crippen LogP contribution < -0.4 is 5.32 Å². The molecular formula is C11H20F3N. The summed E-state index contributed by atoms with van der Waals surface area (Å²) in [5.41, 5.74) is 0. The second-order valence-electron chi connectivity index (χ2n) is 3.81. The highest BCUT2D eigenvalue weighted by Gasteiger charge is 2.29. The van der Waals surface area contributed by atoms with Gasteiger partial charge in [0.05, 0.1) is 6.42 Å². The second-order valence-corrected chi connectivity index (χ2v) is 3.81. The van der Waals surface area contributed by atoms with Crippen LogP contribution in [0.1, 0.15) is 39.0 Å². The first-order valence-corrected chi connectivity index (χ1v) is 5.36. The average molecular weight is 223 g/mol. The molecule has 0 aliphatic heterocycles. The number of hydrogen-bond acceptors (Lipinski definition) is 1. The van der Waals surface area contributed by atoms with Crippen molar-refractivity contribution >= 4 is 0 Å². The van der Waals surface area contributed by atoms with Gasteiger partial charge in [-0.2, -0.15) is 13.2 Å². The molecule has 1 atom stereocenters. The molecule has 15 heavy (non-hydrogen) atoms. The van der Waals surface area contributed by atoms with Crippen LogP contribution in [0.15, 0.2) is 12.7 Å². The normalized spacial score (nSPS) is 13.9. The minimum atomic E-state index is -4.06. The maximum Gasteiger partial charge on any atom is 0.390 e. The first kappa shape index (κ1) is 14.5. The molecule has 0 fully saturated rings. The SMILES string of the molecule is C=CCCCCCNC(C)CC(F)(F)F. The molecule has 0 aromatic rings. The molecule has 90 valence electrons. The van der Waals surface area contributed by atoms with Crippen LogP contribution >= 0.6 is 0 Å². The lowest BCUT2D eigenvalue weighted by molar-refractivity contribution is -0.139. The van der Waals surface area contributed by atoms with Crippen LogP contribution in [-0.2, 0) is 0 Å². The summed E-state index contributed by atoms with van der Waals surface area (Å²) in [4.78, 5) is 0. The smallest absolute Gasteiger partial charge is 0.314 e. The fraction of sp³-hybridized carbons (Fsp3) is 0.818. The molecular weight excluding hydrogens is 203 g/mol. The van der Waals surface area contributed by atoms with Crippen LogP contribution in [0.2, 0.25) is 0 Å². The molecule has 0 amide bonds. The van der Waals surface area contributed by atoms with E-state index in [2.05, 4.69) is 11.9 Å². The van der Waals surface area contributed by atoms with Gasteiger partial charge in [0.15, 0.2) is 0 Å². The Morgan fingerprint density at radius 1 is 1.27 bits per heavy atom. The molecule has 0 aromatic heterocycles. The lowest BCUT2D eigenvalue weighted by Gasteiger charge is -2.15. The molecule has 0 aliphatic carbocycles. The van der Waals surface area contributed by atoms with Crippen LogP contribution in [-0.4, -0.2) is 18.8 Å². The van der Waals surface area contributed by atoms with Crippen LogP contribution in [0, 0.1) is 0 Å². The Kier molecular flexibility index (Phi) is 7.48. The molecule has 0 rings (SSSR count). The lowest BCUT2D eigenvalue weighted by Crippen LogP contribution is -2.31. The molecule has 1 nitrogen and oxygen atoms in total. The maximum atomic E-state index is 11.9. The number of alkyl halides is 3. The van der Waals surface area contributed by atoms with Gasteiger partial charge in [-0.1, -0.05) is 12.5 Å². The highest BCUT2D eigenvalue weighted by Crippen LogP contribution is 2.21. The van der Waals surface area contributed by atoms with Gasteiger partial charge in [0.25, 0.3) is 0 Å². The topological polar surface area (TPSA) is 12.0 Å². The van der Waals surface area contributed by atoms with E-state index >= 15 is 0 Å². The van der Waals surface area contributed by atoms with Crippen molar-refractivity contribution in [1.29, 1.82) is 0 Å². The molecule has 0 heterocycles. The van der Waals surface area contributed by atoms with Crippen molar-refractivity contribution in [2.75, 3.05) is 6.54 Å². The van der Waals surface area contributed by atoms with Crippen LogP contribution in [0.3, 0.4) is 0 Å². The number of hydrogen-bond donors (Lipinski definition) is 1. The summed E-state index contributed by atoms with van der Waals surface area (Å²) in [7, 11) is 0. The monoisotopic (exact) mass is 223 g/mol. The third-order valence-corrected chi connectivity index (χ3v) is 2.12. The third-order valence-electron chi connectivity index (χ3n) is 2.12. The van der Waals surface area contributed by atoms with E-state index in [-0.39, 0.29) is 0 Å². The van der Waals surface area contributed by atoms with Gasteiger partial charge >= 0.3 is 6.18 Å². The highest BCUT2D eigenvalue weighted by atomic mass is 19.4. The van der Waals surface area contributed by atoms with Gasteiger partial charge in [-0.3, -0.25) is 0 Å². The minimum absolute atomic E-state index is 0.482. The molecule has 4 heteroatoms. The zero-order valence-electron chi connectivity index (χ0n) is 9.24. The first-order valence-electron chi connectivity index (χ1n) is 5.36. The standard InChI is InChI=1S/C11H20F3N/c1-3-4-5-6-7-8-15-10(2)9-11(12,13)14/h3,10,15H,1,4-9H2,2H3. The van der Waals surface area contributed by atoms with Crippen molar-refractivity contribution in [2.24, 2.45) is 0 Å². The van der Waals surface area contributed by atoms with Gasteiger partial charge in [0, 0.05) is 6.04 Å².